The van der Waals surface area contributed by atoms with E-state index in [0.29, 0.717) is 60.0 Å². The van der Waals surface area contributed by atoms with Gasteiger partial charge in [-0.05, 0) is 38.4 Å². The maximum atomic E-state index is 14.5. The molecule has 42 heavy (non-hydrogen) atoms. The molecule has 232 valence electrons. The molecule has 2 aliphatic rings. The summed E-state index contributed by atoms with van der Waals surface area (Å²) in [5.74, 6) is -2.45. The maximum Gasteiger partial charge on any atom is 0.260 e. The topological polar surface area (TPSA) is 118 Å². The standard InChI is InChI=1S/C14H15FN8.C8H13F2NO.C5H10F2/c1-7-9(21-18-3)4-5-10(19-7)11-8(15)6-23-12(11)13(17-2)20-14(16)22-23;9-8(10)2-1-3-11(6-8)7-4-12-5-7;1-2-3-5(7)4-6/h4-6H,1-3H3,(H3,16,17,20,22);7H,1-6H2;5H,2-4H2,1H3. The van der Waals surface area contributed by atoms with Crippen molar-refractivity contribution in [1.29, 1.82) is 0 Å². The summed E-state index contributed by atoms with van der Waals surface area (Å²) >= 11 is 0. The van der Waals surface area contributed by atoms with Crippen molar-refractivity contribution in [2.45, 2.75) is 57.7 Å². The molecule has 0 amide bonds. The first-order chi connectivity index (χ1) is 20.0. The fraction of sp³-hybridized carbons (Fsp3) is 0.593. The molecule has 5 heterocycles. The smallest absolute Gasteiger partial charge is 0.260 e. The summed E-state index contributed by atoms with van der Waals surface area (Å²) in [5.41, 5.74) is 8.15. The molecular formula is C27H38F5N9O. The number of fused-ring (bicyclic) bond motifs is 1. The molecule has 0 aromatic carbocycles. The first kappa shape index (κ1) is 33.0. The minimum atomic E-state index is -2.46. The Morgan fingerprint density at radius 1 is 1.26 bits per heavy atom. The van der Waals surface area contributed by atoms with Gasteiger partial charge in [0.1, 0.15) is 24.1 Å². The van der Waals surface area contributed by atoms with Crippen molar-refractivity contribution in [3.63, 3.8) is 0 Å². The fourth-order valence-corrected chi connectivity index (χ4v) is 4.53. The van der Waals surface area contributed by atoms with Gasteiger partial charge in [0.05, 0.1) is 48.9 Å². The van der Waals surface area contributed by atoms with Gasteiger partial charge in [-0.2, -0.15) is 15.2 Å². The van der Waals surface area contributed by atoms with E-state index in [-0.39, 0.29) is 25.0 Å². The highest BCUT2D eigenvalue weighted by atomic mass is 19.3. The van der Waals surface area contributed by atoms with Gasteiger partial charge >= 0.3 is 0 Å². The number of nitrogen functional groups attached to an aromatic ring is 1. The molecule has 3 aromatic heterocycles. The van der Waals surface area contributed by atoms with E-state index in [1.807, 2.05) is 11.8 Å². The number of hydrogen-bond donors (Lipinski definition) is 2. The number of nitrogens with one attached hydrogen (secondary N) is 1. The van der Waals surface area contributed by atoms with Crippen LogP contribution in [0.2, 0.25) is 0 Å². The highest BCUT2D eigenvalue weighted by molar-refractivity contribution is 5.88. The molecule has 0 saturated carbocycles. The number of aromatic nitrogens is 4. The van der Waals surface area contributed by atoms with Crippen molar-refractivity contribution in [2.24, 2.45) is 10.2 Å². The molecule has 0 aliphatic carbocycles. The lowest BCUT2D eigenvalue weighted by Gasteiger charge is -2.41. The Morgan fingerprint density at radius 3 is 2.52 bits per heavy atom. The summed E-state index contributed by atoms with van der Waals surface area (Å²) < 4.78 is 69.5. The number of anilines is 2. The van der Waals surface area contributed by atoms with Crippen molar-refractivity contribution < 1.29 is 26.7 Å². The first-order valence-corrected chi connectivity index (χ1v) is 13.7. The molecule has 0 radical (unpaired) electrons. The van der Waals surface area contributed by atoms with E-state index in [9.17, 15) is 22.0 Å². The highest BCUT2D eigenvalue weighted by Crippen LogP contribution is 2.33. The minimum absolute atomic E-state index is 0.0474. The predicted molar refractivity (Wildman–Crippen MR) is 151 cm³/mol. The number of rotatable bonds is 7. The summed E-state index contributed by atoms with van der Waals surface area (Å²) in [6.07, 6.45) is 1.78. The molecule has 3 N–H and O–H groups in total. The van der Waals surface area contributed by atoms with Gasteiger partial charge in [0.2, 0.25) is 5.95 Å². The van der Waals surface area contributed by atoms with Gasteiger partial charge in [0.25, 0.3) is 5.92 Å². The zero-order chi connectivity index (χ0) is 30.9. The maximum absolute atomic E-state index is 14.5. The average molecular weight is 600 g/mol. The number of nitrogens with zero attached hydrogens (tertiary/aromatic N) is 7. The van der Waals surface area contributed by atoms with E-state index in [4.69, 9.17) is 10.5 Å². The van der Waals surface area contributed by atoms with Crippen LogP contribution in [0.25, 0.3) is 16.8 Å². The van der Waals surface area contributed by atoms with Crippen molar-refractivity contribution in [2.75, 3.05) is 58.1 Å². The second kappa shape index (κ2) is 15.1. The van der Waals surface area contributed by atoms with E-state index in [1.54, 1.807) is 33.2 Å². The zero-order valence-corrected chi connectivity index (χ0v) is 24.3. The molecule has 10 nitrogen and oxygen atoms in total. The minimum Gasteiger partial charge on any atom is -0.378 e. The second-order valence-electron chi connectivity index (χ2n) is 9.98. The number of nitrogens with two attached hydrogens (primary N) is 1. The Bertz CT molecular complexity index is 1330. The lowest BCUT2D eigenvalue weighted by Crippen LogP contribution is -2.55. The highest BCUT2D eigenvalue weighted by Gasteiger charge is 2.39. The number of likely N-dealkylation sites (tertiary alicyclic amines) is 1. The van der Waals surface area contributed by atoms with E-state index in [0.717, 1.165) is 13.0 Å². The van der Waals surface area contributed by atoms with E-state index in [1.165, 1.54) is 10.7 Å². The summed E-state index contributed by atoms with van der Waals surface area (Å²) in [7, 11) is 3.26. The Kier molecular flexibility index (Phi) is 11.9. The van der Waals surface area contributed by atoms with Crippen molar-refractivity contribution >= 4 is 23.0 Å². The van der Waals surface area contributed by atoms with Crippen molar-refractivity contribution in [3.05, 3.63) is 29.8 Å². The molecule has 15 heteroatoms. The third-order valence-electron chi connectivity index (χ3n) is 6.69. The molecule has 2 aliphatic heterocycles. The van der Waals surface area contributed by atoms with E-state index < -0.39 is 24.6 Å². The fourth-order valence-electron chi connectivity index (χ4n) is 4.53. The van der Waals surface area contributed by atoms with Gasteiger partial charge in [-0.25, -0.2) is 26.5 Å². The number of aryl methyl sites for hydroxylation is 1. The van der Waals surface area contributed by atoms with Crippen LogP contribution in [0.3, 0.4) is 0 Å². The van der Waals surface area contributed by atoms with Crippen LogP contribution in [-0.4, -0.2) is 89.7 Å². The Labute approximate surface area is 241 Å². The monoisotopic (exact) mass is 599 g/mol. The van der Waals surface area contributed by atoms with Crippen LogP contribution < -0.4 is 11.1 Å². The molecule has 0 spiro atoms. The van der Waals surface area contributed by atoms with Gasteiger partial charge in [-0.3, -0.25) is 9.88 Å². The Morgan fingerprint density at radius 2 is 2.00 bits per heavy atom. The van der Waals surface area contributed by atoms with Crippen molar-refractivity contribution in [1.82, 2.24) is 24.5 Å². The third kappa shape index (κ3) is 8.53. The van der Waals surface area contributed by atoms with Crippen LogP contribution in [0, 0.1) is 12.7 Å². The molecular weight excluding hydrogens is 561 g/mol. The molecule has 1 unspecified atom stereocenters. The second-order valence-corrected chi connectivity index (χ2v) is 9.98. The Hall–Kier alpha value is -3.46. The molecule has 2 saturated heterocycles. The lowest BCUT2D eigenvalue weighted by molar-refractivity contribution is -0.126. The van der Waals surface area contributed by atoms with Crippen LogP contribution in [0.15, 0.2) is 28.6 Å². The normalized spacial score (nSPS) is 17.6. The van der Waals surface area contributed by atoms with Crippen LogP contribution in [0.5, 0.6) is 0 Å². The average Bonchev–Trinajstić information content (AvgIpc) is 3.24. The largest absolute Gasteiger partial charge is 0.378 e. The molecule has 2 fully saturated rings. The molecule has 1 atom stereocenters. The number of piperidine rings is 1. The van der Waals surface area contributed by atoms with Crippen molar-refractivity contribution in [3.8, 4) is 11.3 Å². The van der Waals surface area contributed by atoms with Gasteiger partial charge in [-0.1, -0.05) is 13.3 Å². The number of azo groups is 1. The van der Waals surface area contributed by atoms with Gasteiger partial charge in [0.15, 0.2) is 11.6 Å². The van der Waals surface area contributed by atoms with Gasteiger partial charge in [0, 0.05) is 20.5 Å². The lowest BCUT2D eigenvalue weighted by atomic mass is 10.0. The van der Waals surface area contributed by atoms with Gasteiger partial charge < -0.3 is 15.8 Å². The van der Waals surface area contributed by atoms with E-state index in [2.05, 4.69) is 30.6 Å². The third-order valence-corrected chi connectivity index (χ3v) is 6.69. The van der Waals surface area contributed by atoms with Crippen LogP contribution in [0.1, 0.15) is 38.3 Å². The number of halogens is 5. The number of hydrogen-bond acceptors (Lipinski definition) is 9. The molecule has 3 aromatic rings. The predicted octanol–water partition coefficient (Wildman–Crippen LogP) is 5.79. The Balaban J connectivity index is 0.000000211. The van der Waals surface area contributed by atoms with Crippen LogP contribution in [0.4, 0.5) is 39.4 Å². The molecule has 0 bridgehead atoms. The van der Waals surface area contributed by atoms with Crippen LogP contribution in [-0.2, 0) is 4.74 Å². The zero-order valence-electron chi connectivity index (χ0n) is 24.3. The number of alkyl halides is 4. The van der Waals surface area contributed by atoms with E-state index >= 15 is 0 Å². The van der Waals surface area contributed by atoms with Crippen LogP contribution >= 0.6 is 0 Å². The molecule has 5 rings (SSSR count). The van der Waals surface area contributed by atoms with Gasteiger partial charge in [-0.15, -0.1) is 5.10 Å². The first-order valence-electron chi connectivity index (χ1n) is 13.7. The summed E-state index contributed by atoms with van der Waals surface area (Å²) in [4.78, 5) is 10.4. The SMILES string of the molecule is CCCC(F)CF.CN=Nc1ccc(-c2c(F)cn3nc(N)nc(NC)c23)nc1C.FC1(F)CCCN(C2COC2)C1. The summed E-state index contributed by atoms with van der Waals surface area (Å²) in [6.45, 7) is 4.81. The quantitative estimate of drug-likeness (QED) is 0.261. The number of pyridine rings is 1. The summed E-state index contributed by atoms with van der Waals surface area (Å²) in [6, 6.07) is 3.69. The number of ether oxygens (including phenoxy) is 1. The summed E-state index contributed by atoms with van der Waals surface area (Å²) in [5, 5.41) is 14.6.